The van der Waals surface area contributed by atoms with E-state index < -0.39 is 10.0 Å². The number of benzene rings is 1. The number of fused-ring (bicyclic) bond motifs is 1. The summed E-state index contributed by atoms with van der Waals surface area (Å²) in [4.78, 5) is 4.27. The standard InChI is InChI=1S/C24H28N4O3S/c1-4-32(29,30)28-12-8-22(9-13-28)27-24-16-21(15-20-7-11-26-17-23(20)24)19(6-5-10-25)14-18(2)31-3/h5-7,11,14-17,22,27H,2,4,8-9,12-13H2,1,3H3. The van der Waals surface area contributed by atoms with E-state index in [1.807, 2.05) is 30.5 Å². The molecule has 1 aromatic carbocycles. The SMILES string of the molecule is C=C(C=C(C=CC#N)c1cc(NC2CCN(S(=O)(=O)CC)CC2)c2cnccc2c1)OC. The Morgan fingerprint density at radius 3 is 2.81 bits per heavy atom. The molecule has 0 saturated carbocycles. The van der Waals surface area contributed by atoms with Crippen molar-refractivity contribution in [3.8, 4) is 6.07 Å². The number of aromatic nitrogens is 1. The smallest absolute Gasteiger partial charge is 0.213 e. The molecule has 1 aliphatic rings. The molecule has 0 aliphatic carbocycles. The predicted octanol–water partition coefficient (Wildman–Crippen LogP) is 4.08. The number of nitrogens with one attached hydrogen (secondary N) is 1. The van der Waals surface area contributed by atoms with Gasteiger partial charge >= 0.3 is 0 Å². The average molecular weight is 453 g/mol. The molecule has 1 aliphatic heterocycles. The molecule has 0 amide bonds. The number of rotatable bonds is 8. The molecule has 1 N–H and O–H groups in total. The first-order valence-electron chi connectivity index (χ1n) is 10.5. The summed E-state index contributed by atoms with van der Waals surface area (Å²) in [6.45, 7) is 6.55. The van der Waals surface area contributed by atoms with Crippen LogP contribution in [0.2, 0.25) is 0 Å². The first-order chi connectivity index (χ1) is 15.4. The van der Waals surface area contributed by atoms with Crippen LogP contribution in [0, 0.1) is 11.3 Å². The van der Waals surface area contributed by atoms with Gasteiger partial charge in [0.1, 0.15) is 5.76 Å². The predicted molar refractivity (Wildman–Crippen MR) is 128 cm³/mol. The molecular formula is C24H28N4O3S. The van der Waals surface area contributed by atoms with Gasteiger partial charge in [-0.15, -0.1) is 0 Å². The zero-order valence-electron chi connectivity index (χ0n) is 18.4. The summed E-state index contributed by atoms with van der Waals surface area (Å²) >= 11 is 0. The van der Waals surface area contributed by atoms with Gasteiger partial charge in [0.15, 0.2) is 0 Å². The second-order valence-electron chi connectivity index (χ2n) is 7.57. The van der Waals surface area contributed by atoms with E-state index in [0.717, 1.165) is 40.4 Å². The van der Waals surface area contributed by atoms with Crippen molar-refractivity contribution >= 4 is 32.1 Å². The van der Waals surface area contributed by atoms with Crippen LogP contribution >= 0.6 is 0 Å². The number of sulfonamides is 1. The molecule has 0 unspecified atom stereocenters. The van der Waals surface area contributed by atoms with Crippen molar-refractivity contribution in [3.63, 3.8) is 0 Å². The summed E-state index contributed by atoms with van der Waals surface area (Å²) in [6.07, 6.45) is 9.94. The maximum Gasteiger partial charge on any atom is 0.213 e. The van der Waals surface area contributed by atoms with Crippen molar-refractivity contribution in [2.75, 3.05) is 31.3 Å². The molecule has 7 nitrogen and oxygen atoms in total. The van der Waals surface area contributed by atoms with Gasteiger partial charge in [-0.2, -0.15) is 5.26 Å². The van der Waals surface area contributed by atoms with Crippen molar-refractivity contribution in [1.82, 2.24) is 9.29 Å². The monoisotopic (exact) mass is 452 g/mol. The third-order valence-corrected chi connectivity index (χ3v) is 7.46. The van der Waals surface area contributed by atoms with Crippen molar-refractivity contribution in [2.24, 2.45) is 0 Å². The van der Waals surface area contributed by atoms with Crippen molar-refractivity contribution in [3.05, 3.63) is 66.7 Å². The summed E-state index contributed by atoms with van der Waals surface area (Å²) in [5.74, 6) is 0.609. The number of ether oxygens (including phenoxy) is 1. The lowest BCUT2D eigenvalue weighted by molar-refractivity contribution is 0.309. The Hall–Kier alpha value is -3.15. The fourth-order valence-electron chi connectivity index (χ4n) is 3.75. The van der Waals surface area contributed by atoms with E-state index in [1.165, 1.54) is 6.08 Å². The lowest BCUT2D eigenvalue weighted by Gasteiger charge is -2.32. The second kappa shape index (κ2) is 10.4. The highest BCUT2D eigenvalue weighted by Gasteiger charge is 2.26. The molecule has 2 aromatic rings. The molecule has 1 fully saturated rings. The lowest BCUT2D eigenvalue weighted by Crippen LogP contribution is -2.42. The minimum atomic E-state index is -3.16. The molecular weight excluding hydrogens is 424 g/mol. The second-order valence-corrected chi connectivity index (χ2v) is 9.83. The summed E-state index contributed by atoms with van der Waals surface area (Å²) in [7, 11) is -1.61. The topological polar surface area (TPSA) is 95.3 Å². The van der Waals surface area contributed by atoms with Gasteiger partial charge < -0.3 is 10.1 Å². The first-order valence-corrected chi connectivity index (χ1v) is 12.1. The number of piperidine rings is 1. The van der Waals surface area contributed by atoms with E-state index in [1.54, 1.807) is 36.7 Å². The third-order valence-electron chi connectivity index (χ3n) is 5.58. The molecule has 0 spiro atoms. The zero-order chi connectivity index (χ0) is 23.1. The Bertz CT molecular complexity index is 1190. The van der Waals surface area contributed by atoms with Crippen molar-refractivity contribution in [2.45, 2.75) is 25.8 Å². The molecule has 0 bridgehead atoms. The van der Waals surface area contributed by atoms with Crippen LogP contribution in [-0.4, -0.2) is 49.7 Å². The number of pyridine rings is 1. The highest BCUT2D eigenvalue weighted by Crippen LogP contribution is 2.31. The molecule has 32 heavy (non-hydrogen) atoms. The van der Waals surface area contributed by atoms with E-state index in [4.69, 9.17) is 10.00 Å². The minimum Gasteiger partial charge on any atom is -0.497 e. The average Bonchev–Trinajstić information content (AvgIpc) is 2.81. The quantitative estimate of drug-likeness (QED) is 0.368. The van der Waals surface area contributed by atoms with Gasteiger partial charge in [0.2, 0.25) is 10.0 Å². The van der Waals surface area contributed by atoms with Gasteiger partial charge in [0.25, 0.3) is 0 Å². The van der Waals surface area contributed by atoms with E-state index in [9.17, 15) is 8.42 Å². The fourth-order valence-corrected chi connectivity index (χ4v) is 4.88. The summed E-state index contributed by atoms with van der Waals surface area (Å²) < 4.78 is 31.1. The Kier molecular flexibility index (Phi) is 7.67. The Balaban J connectivity index is 1.94. The number of nitrogens with zero attached hydrogens (tertiary/aromatic N) is 3. The number of nitriles is 1. The maximum absolute atomic E-state index is 12.2. The molecule has 3 rings (SSSR count). The van der Waals surface area contributed by atoms with Crippen LogP contribution in [0.5, 0.6) is 0 Å². The van der Waals surface area contributed by atoms with Crippen LogP contribution in [0.15, 0.2) is 61.2 Å². The van der Waals surface area contributed by atoms with E-state index in [2.05, 4.69) is 16.9 Å². The fraction of sp³-hybridized carbons (Fsp3) is 0.333. The van der Waals surface area contributed by atoms with Crippen LogP contribution in [-0.2, 0) is 14.8 Å². The number of hydrogen-bond donors (Lipinski definition) is 1. The first kappa shape index (κ1) is 23.5. The van der Waals surface area contributed by atoms with Gasteiger partial charge in [-0.25, -0.2) is 12.7 Å². The number of anilines is 1. The van der Waals surface area contributed by atoms with E-state index in [-0.39, 0.29) is 11.8 Å². The van der Waals surface area contributed by atoms with E-state index in [0.29, 0.717) is 18.8 Å². The molecule has 8 heteroatoms. The number of allylic oxidation sites excluding steroid dienone is 4. The van der Waals surface area contributed by atoms with Crippen LogP contribution in [0.3, 0.4) is 0 Å². The van der Waals surface area contributed by atoms with Gasteiger partial charge in [-0.1, -0.05) is 6.58 Å². The van der Waals surface area contributed by atoms with E-state index >= 15 is 0 Å². The van der Waals surface area contributed by atoms with Crippen molar-refractivity contribution in [1.29, 1.82) is 5.26 Å². The molecule has 1 saturated heterocycles. The Morgan fingerprint density at radius 2 is 2.16 bits per heavy atom. The molecule has 1 aromatic heterocycles. The van der Waals surface area contributed by atoms with Gasteiger partial charge in [0, 0.05) is 48.7 Å². The normalized spacial score (nSPS) is 16.2. The largest absolute Gasteiger partial charge is 0.497 e. The van der Waals surface area contributed by atoms with Gasteiger partial charge in [0.05, 0.1) is 18.9 Å². The summed E-state index contributed by atoms with van der Waals surface area (Å²) in [5.41, 5.74) is 2.62. The molecule has 0 atom stereocenters. The minimum absolute atomic E-state index is 0.127. The van der Waals surface area contributed by atoms with Gasteiger partial charge in [-0.3, -0.25) is 4.98 Å². The van der Waals surface area contributed by atoms with Crippen LogP contribution in [0.25, 0.3) is 16.3 Å². The molecule has 168 valence electrons. The zero-order valence-corrected chi connectivity index (χ0v) is 19.2. The number of methoxy groups -OCH3 is 1. The van der Waals surface area contributed by atoms with Crippen LogP contribution in [0.4, 0.5) is 5.69 Å². The van der Waals surface area contributed by atoms with Crippen LogP contribution in [0.1, 0.15) is 25.3 Å². The third kappa shape index (κ3) is 5.55. The van der Waals surface area contributed by atoms with Crippen LogP contribution < -0.4 is 5.32 Å². The van der Waals surface area contributed by atoms with Crippen molar-refractivity contribution < 1.29 is 13.2 Å². The lowest BCUT2D eigenvalue weighted by atomic mass is 9.98. The maximum atomic E-state index is 12.2. The summed E-state index contributed by atoms with van der Waals surface area (Å²) in [5, 5.41) is 14.6. The molecule has 2 heterocycles. The molecule has 0 radical (unpaired) electrons. The highest BCUT2D eigenvalue weighted by molar-refractivity contribution is 7.89. The Labute approximate surface area is 189 Å². The highest BCUT2D eigenvalue weighted by atomic mass is 32.2. The Morgan fingerprint density at radius 1 is 1.41 bits per heavy atom. The number of hydrogen-bond acceptors (Lipinski definition) is 6. The summed E-state index contributed by atoms with van der Waals surface area (Å²) in [6, 6.07) is 8.17. The van der Waals surface area contributed by atoms with Gasteiger partial charge in [-0.05, 0) is 66.6 Å².